The lowest BCUT2D eigenvalue weighted by Crippen LogP contribution is -2.41. The number of furan rings is 1. The first kappa shape index (κ1) is 17.9. The van der Waals surface area contributed by atoms with Gasteiger partial charge in [0, 0.05) is 30.3 Å². The molecule has 1 fully saturated rings. The van der Waals surface area contributed by atoms with Crippen molar-refractivity contribution in [1.82, 2.24) is 14.8 Å². The normalized spacial score (nSPS) is 19.2. The summed E-state index contributed by atoms with van der Waals surface area (Å²) >= 11 is 0. The van der Waals surface area contributed by atoms with E-state index in [-0.39, 0.29) is 0 Å². The molecule has 0 amide bonds. The van der Waals surface area contributed by atoms with Crippen LogP contribution >= 0.6 is 0 Å². The number of halogens is 1. The first-order chi connectivity index (χ1) is 12.7. The number of hydrogen-bond acceptors (Lipinski definition) is 5. The number of aromatic nitrogens is 3. The summed E-state index contributed by atoms with van der Waals surface area (Å²) in [4.78, 5) is 4.24. The third-order valence-corrected chi connectivity index (χ3v) is 5.33. The van der Waals surface area contributed by atoms with Gasteiger partial charge in [-0.05, 0) is 39.8 Å². The Balaban J connectivity index is 1.62. The summed E-state index contributed by atoms with van der Waals surface area (Å²) in [5.74, 6) is 0.965. The van der Waals surface area contributed by atoms with Crippen LogP contribution in [0.15, 0.2) is 40.9 Å². The lowest BCUT2D eigenvalue weighted by Gasteiger charge is -2.32. The molecular weight excluding hydrogens is 348 g/mol. The van der Waals surface area contributed by atoms with Crippen LogP contribution < -0.4 is 0 Å². The van der Waals surface area contributed by atoms with Crippen LogP contribution in [0.1, 0.15) is 33.5 Å². The third-order valence-electron chi connectivity index (χ3n) is 5.33. The molecule has 0 aromatic carbocycles. The molecule has 1 saturated heterocycles. The standard InChI is InChI=1S/C19H21BFN3O3/c1-18(2)19(3,4)27-20(26-18)17(21)8-12-6-7-16(25-12)14-9-22-11-15-13(14)10-23-24(15)5/h6-11H,1-5H3. The van der Waals surface area contributed by atoms with E-state index in [0.717, 1.165) is 16.5 Å². The molecule has 0 spiro atoms. The molecule has 3 aromatic rings. The second-order valence-corrected chi connectivity index (χ2v) is 7.71. The van der Waals surface area contributed by atoms with Gasteiger partial charge in [-0.3, -0.25) is 9.67 Å². The molecule has 4 rings (SSSR count). The Morgan fingerprint density at radius 2 is 1.81 bits per heavy atom. The van der Waals surface area contributed by atoms with Crippen LogP contribution in [0.3, 0.4) is 0 Å². The highest BCUT2D eigenvalue weighted by Gasteiger charge is 2.53. The van der Waals surface area contributed by atoms with Crippen molar-refractivity contribution in [3.63, 3.8) is 0 Å². The van der Waals surface area contributed by atoms with Gasteiger partial charge in [-0.15, -0.1) is 0 Å². The summed E-state index contributed by atoms with van der Waals surface area (Å²) in [5, 5.41) is 5.17. The Hall–Kier alpha value is -2.45. The van der Waals surface area contributed by atoms with Crippen molar-refractivity contribution in [2.24, 2.45) is 7.05 Å². The molecule has 0 unspecified atom stereocenters. The topological polar surface area (TPSA) is 62.3 Å². The molecule has 1 aliphatic rings. The van der Waals surface area contributed by atoms with E-state index in [0.29, 0.717) is 11.5 Å². The minimum absolute atomic E-state index is 0.373. The molecule has 0 aliphatic carbocycles. The summed E-state index contributed by atoms with van der Waals surface area (Å²) in [7, 11) is 0.802. The van der Waals surface area contributed by atoms with Crippen molar-refractivity contribution in [3.05, 3.63) is 42.2 Å². The van der Waals surface area contributed by atoms with Gasteiger partial charge in [0.2, 0.25) is 0 Å². The van der Waals surface area contributed by atoms with Crippen molar-refractivity contribution < 1.29 is 18.1 Å². The average molecular weight is 369 g/mol. The molecular formula is C19H21BFN3O3. The van der Waals surface area contributed by atoms with Gasteiger partial charge in [0.15, 0.2) is 0 Å². The quantitative estimate of drug-likeness (QED) is 0.649. The monoisotopic (exact) mass is 369 g/mol. The summed E-state index contributed by atoms with van der Waals surface area (Å²) in [6.07, 6.45) is 6.51. The highest BCUT2D eigenvalue weighted by molar-refractivity contribution is 6.54. The summed E-state index contributed by atoms with van der Waals surface area (Å²) in [6.45, 7) is 7.53. The predicted octanol–water partition coefficient (Wildman–Crippen LogP) is 4.17. The Kier molecular flexibility index (Phi) is 4.01. The molecule has 0 bridgehead atoms. The number of aryl methyl sites for hydroxylation is 1. The minimum Gasteiger partial charge on any atom is -0.457 e. The molecule has 0 saturated carbocycles. The van der Waals surface area contributed by atoms with E-state index in [9.17, 15) is 4.39 Å². The SMILES string of the molecule is Cn1ncc2c(-c3ccc(C=C(F)B4OC(C)(C)C(C)(C)O4)o3)cncc21. The molecule has 0 N–H and O–H groups in total. The van der Waals surface area contributed by atoms with Crippen LogP contribution in [-0.2, 0) is 16.4 Å². The molecule has 8 heteroatoms. The number of rotatable bonds is 3. The van der Waals surface area contributed by atoms with Gasteiger partial charge in [0.1, 0.15) is 17.2 Å². The van der Waals surface area contributed by atoms with Crippen molar-refractivity contribution in [3.8, 4) is 11.3 Å². The molecule has 4 heterocycles. The van der Waals surface area contributed by atoms with Gasteiger partial charge in [0.05, 0.1) is 29.1 Å². The Labute approximate surface area is 157 Å². The van der Waals surface area contributed by atoms with E-state index in [1.165, 1.54) is 6.08 Å². The summed E-state index contributed by atoms with van der Waals surface area (Å²) in [6, 6.07) is 3.49. The molecule has 3 aromatic heterocycles. The second kappa shape index (κ2) is 6.04. The van der Waals surface area contributed by atoms with Gasteiger partial charge in [-0.25, -0.2) is 4.39 Å². The second-order valence-electron chi connectivity index (χ2n) is 7.71. The fraction of sp³-hybridized carbons (Fsp3) is 0.368. The van der Waals surface area contributed by atoms with Gasteiger partial charge < -0.3 is 13.7 Å². The van der Waals surface area contributed by atoms with E-state index in [2.05, 4.69) is 10.1 Å². The van der Waals surface area contributed by atoms with E-state index in [1.807, 2.05) is 34.7 Å². The van der Waals surface area contributed by atoms with Crippen LogP contribution in [0.2, 0.25) is 0 Å². The molecule has 140 valence electrons. The van der Waals surface area contributed by atoms with Gasteiger partial charge in [0.25, 0.3) is 0 Å². The van der Waals surface area contributed by atoms with Crippen molar-refractivity contribution >= 4 is 24.1 Å². The zero-order chi connectivity index (χ0) is 19.4. The highest BCUT2D eigenvalue weighted by Crippen LogP contribution is 2.39. The molecule has 0 radical (unpaired) electrons. The zero-order valence-electron chi connectivity index (χ0n) is 16.0. The Morgan fingerprint density at radius 3 is 2.52 bits per heavy atom. The maximum Gasteiger partial charge on any atom is 0.525 e. The van der Waals surface area contributed by atoms with Gasteiger partial charge in [-0.1, -0.05) is 0 Å². The number of nitrogens with zero attached hydrogens (tertiary/aromatic N) is 3. The Morgan fingerprint density at radius 1 is 1.11 bits per heavy atom. The van der Waals surface area contributed by atoms with Crippen LogP contribution in [-0.4, -0.2) is 33.1 Å². The smallest absolute Gasteiger partial charge is 0.457 e. The first-order valence-corrected chi connectivity index (χ1v) is 8.77. The third kappa shape index (κ3) is 2.98. The Bertz CT molecular complexity index is 1020. The summed E-state index contributed by atoms with van der Waals surface area (Å²) in [5.41, 5.74) is -0.0367. The van der Waals surface area contributed by atoms with Crippen LogP contribution in [0.4, 0.5) is 4.39 Å². The number of fused-ring (bicyclic) bond motifs is 1. The maximum atomic E-state index is 14.7. The minimum atomic E-state index is -1.05. The lowest BCUT2D eigenvalue weighted by molar-refractivity contribution is 0.00578. The maximum absolute atomic E-state index is 14.7. The number of hydrogen-bond donors (Lipinski definition) is 0. The lowest BCUT2D eigenvalue weighted by atomic mass is 9.87. The van der Waals surface area contributed by atoms with Crippen LogP contribution in [0.25, 0.3) is 28.3 Å². The fourth-order valence-electron chi connectivity index (χ4n) is 2.99. The van der Waals surface area contributed by atoms with Crippen molar-refractivity contribution in [2.75, 3.05) is 0 Å². The van der Waals surface area contributed by atoms with Gasteiger partial charge >= 0.3 is 7.12 Å². The van der Waals surface area contributed by atoms with Crippen molar-refractivity contribution in [2.45, 2.75) is 38.9 Å². The highest BCUT2D eigenvalue weighted by atomic mass is 19.1. The van der Waals surface area contributed by atoms with Crippen LogP contribution in [0, 0.1) is 0 Å². The van der Waals surface area contributed by atoms with E-state index >= 15 is 0 Å². The first-order valence-electron chi connectivity index (χ1n) is 8.77. The summed E-state index contributed by atoms with van der Waals surface area (Å²) < 4.78 is 33.7. The van der Waals surface area contributed by atoms with Crippen LogP contribution in [0.5, 0.6) is 0 Å². The molecule has 1 aliphatic heterocycles. The van der Waals surface area contributed by atoms with E-state index in [4.69, 9.17) is 13.7 Å². The van der Waals surface area contributed by atoms with E-state index in [1.54, 1.807) is 35.4 Å². The average Bonchev–Trinajstić information content (AvgIpc) is 3.25. The number of pyridine rings is 1. The van der Waals surface area contributed by atoms with Gasteiger partial charge in [-0.2, -0.15) is 5.10 Å². The van der Waals surface area contributed by atoms with Crippen molar-refractivity contribution in [1.29, 1.82) is 0 Å². The molecule has 27 heavy (non-hydrogen) atoms. The molecule has 0 atom stereocenters. The molecule has 6 nitrogen and oxygen atoms in total. The van der Waals surface area contributed by atoms with E-state index < -0.39 is 24.0 Å². The fourth-order valence-corrected chi connectivity index (χ4v) is 2.99. The largest absolute Gasteiger partial charge is 0.525 e. The zero-order valence-corrected chi connectivity index (χ0v) is 16.0. The predicted molar refractivity (Wildman–Crippen MR) is 101 cm³/mol.